The van der Waals surface area contributed by atoms with E-state index in [1.807, 2.05) is 13.0 Å². The molecule has 1 fully saturated rings. The van der Waals surface area contributed by atoms with Crippen LogP contribution in [0.2, 0.25) is 10.0 Å². The number of methoxy groups -OCH3 is 1. The summed E-state index contributed by atoms with van der Waals surface area (Å²) >= 11 is 11.9. The first-order chi connectivity index (χ1) is 11.4. The molecule has 0 spiro atoms. The van der Waals surface area contributed by atoms with Gasteiger partial charge in [-0.2, -0.15) is 0 Å². The summed E-state index contributed by atoms with van der Waals surface area (Å²) in [6.45, 7) is 3.92. The number of esters is 1. The highest BCUT2D eigenvalue weighted by molar-refractivity contribution is 6.42. The lowest BCUT2D eigenvalue weighted by atomic mass is 9.97. The second-order valence-electron chi connectivity index (χ2n) is 6.19. The summed E-state index contributed by atoms with van der Waals surface area (Å²) in [5.41, 5.74) is 0.914. The Hall–Kier alpha value is -1.30. The topological polar surface area (TPSA) is 59.8 Å². The van der Waals surface area contributed by atoms with Gasteiger partial charge in [0.1, 0.15) is 0 Å². The van der Waals surface area contributed by atoms with Gasteiger partial charge < -0.3 is 15.0 Å². The lowest BCUT2D eigenvalue weighted by molar-refractivity contribution is -0.897. The second kappa shape index (κ2) is 8.70. The Morgan fingerprint density at radius 2 is 1.96 bits per heavy atom. The number of carbonyl (C=O) groups is 2. The van der Waals surface area contributed by atoms with Gasteiger partial charge in [-0.1, -0.05) is 29.3 Å². The minimum atomic E-state index is -0.147. The van der Waals surface area contributed by atoms with E-state index in [2.05, 4.69) is 5.32 Å². The Bertz CT molecular complexity index is 601. The number of likely N-dealkylation sites (tertiary alicyclic amines) is 1. The quantitative estimate of drug-likeness (QED) is 0.771. The molecular weight excluding hydrogens is 351 g/mol. The van der Waals surface area contributed by atoms with Crippen LogP contribution in [0.15, 0.2) is 18.2 Å². The average Bonchev–Trinajstić information content (AvgIpc) is 2.57. The number of ether oxygens (including phenoxy) is 1. The molecule has 0 aromatic heterocycles. The Morgan fingerprint density at radius 1 is 1.29 bits per heavy atom. The Balaban J connectivity index is 1.81. The van der Waals surface area contributed by atoms with Gasteiger partial charge in [0.2, 0.25) is 0 Å². The van der Waals surface area contributed by atoms with E-state index < -0.39 is 0 Å². The van der Waals surface area contributed by atoms with E-state index in [0.717, 1.165) is 31.5 Å². The molecule has 1 atom stereocenters. The van der Waals surface area contributed by atoms with E-state index in [-0.39, 0.29) is 23.8 Å². The molecule has 0 saturated carbocycles. The van der Waals surface area contributed by atoms with Crippen LogP contribution in [-0.4, -0.2) is 38.6 Å². The number of amides is 1. The smallest absolute Gasteiger partial charge is 0.309 e. The maximum atomic E-state index is 12.2. The molecule has 7 heteroatoms. The van der Waals surface area contributed by atoms with E-state index in [4.69, 9.17) is 27.9 Å². The van der Waals surface area contributed by atoms with Gasteiger partial charge in [0, 0.05) is 12.8 Å². The predicted molar refractivity (Wildman–Crippen MR) is 93.3 cm³/mol. The minimum absolute atomic E-state index is 0.0138. The van der Waals surface area contributed by atoms with Gasteiger partial charge in [0.05, 0.1) is 42.2 Å². The van der Waals surface area contributed by atoms with Crippen LogP contribution in [0.1, 0.15) is 31.4 Å². The van der Waals surface area contributed by atoms with Crippen LogP contribution in [0.5, 0.6) is 0 Å². The molecule has 0 unspecified atom stereocenters. The standard InChI is InChI=1S/C17H22Cl2N2O3/c1-11(13-3-4-14(18)15(19)9-13)20-16(22)10-21-7-5-12(6-8-21)17(23)24-2/h3-4,9,11-12H,5-8,10H2,1-2H3,(H,20,22)/p+1/t11-/m0/s1. The zero-order valence-corrected chi connectivity index (χ0v) is 15.4. The molecule has 1 amide bonds. The minimum Gasteiger partial charge on any atom is -0.469 e. The highest BCUT2D eigenvalue weighted by Gasteiger charge is 2.29. The summed E-state index contributed by atoms with van der Waals surface area (Å²) in [5, 5.41) is 3.96. The second-order valence-corrected chi connectivity index (χ2v) is 7.00. The molecule has 2 N–H and O–H groups in total. The van der Waals surface area contributed by atoms with Gasteiger partial charge in [-0.25, -0.2) is 0 Å². The number of hydrogen-bond acceptors (Lipinski definition) is 3. The van der Waals surface area contributed by atoms with Crippen molar-refractivity contribution in [2.75, 3.05) is 26.7 Å². The summed E-state index contributed by atoms with van der Waals surface area (Å²) < 4.78 is 4.78. The van der Waals surface area contributed by atoms with Crippen molar-refractivity contribution in [1.82, 2.24) is 5.32 Å². The molecule has 0 radical (unpaired) electrons. The van der Waals surface area contributed by atoms with Crippen molar-refractivity contribution in [2.24, 2.45) is 5.92 Å². The van der Waals surface area contributed by atoms with Gasteiger partial charge in [-0.15, -0.1) is 0 Å². The summed E-state index contributed by atoms with van der Waals surface area (Å²) in [5.74, 6) is -0.191. The van der Waals surface area contributed by atoms with Gasteiger partial charge in [0.15, 0.2) is 6.54 Å². The Labute approximate surface area is 152 Å². The largest absolute Gasteiger partial charge is 0.469 e. The number of carbonyl (C=O) groups excluding carboxylic acids is 2. The average molecular weight is 374 g/mol. The van der Waals surface area contributed by atoms with Crippen molar-refractivity contribution in [3.8, 4) is 0 Å². The third-order valence-corrected chi connectivity index (χ3v) is 5.20. The van der Waals surface area contributed by atoms with Crippen LogP contribution < -0.4 is 10.2 Å². The van der Waals surface area contributed by atoms with E-state index in [1.165, 1.54) is 12.0 Å². The predicted octanol–water partition coefficient (Wildman–Crippen LogP) is 1.64. The highest BCUT2D eigenvalue weighted by atomic mass is 35.5. The fourth-order valence-corrected chi connectivity index (χ4v) is 3.30. The molecule has 24 heavy (non-hydrogen) atoms. The van der Waals surface area contributed by atoms with E-state index >= 15 is 0 Å². The number of benzene rings is 1. The summed E-state index contributed by atoms with van der Waals surface area (Å²) in [6.07, 6.45) is 1.52. The molecule has 0 aliphatic carbocycles. The first kappa shape index (κ1) is 19.0. The van der Waals surface area contributed by atoms with E-state index in [0.29, 0.717) is 16.6 Å². The van der Waals surface area contributed by atoms with Crippen LogP contribution >= 0.6 is 23.2 Å². The van der Waals surface area contributed by atoms with Crippen LogP contribution in [0.4, 0.5) is 0 Å². The van der Waals surface area contributed by atoms with Crippen molar-refractivity contribution in [3.05, 3.63) is 33.8 Å². The Kier molecular flexibility index (Phi) is 6.90. The lowest BCUT2D eigenvalue weighted by Crippen LogP contribution is -3.14. The van der Waals surface area contributed by atoms with Crippen LogP contribution in [0, 0.1) is 5.92 Å². The zero-order chi connectivity index (χ0) is 17.7. The first-order valence-corrected chi connectivity index (χ1v) is 8.82. The first-order valence-electron chi connectivity index (χ1n) is 8.06. The monoisotopic (exact) mass is 373 g/mol. The third-order valence-electron chi connectivity index (χ3n) is 4.46. The lowest BCUT2D eigenvalue weighted by Gasteiger charge is -2.27. The molecule has 5 nitrogen and oxygen atoms in total. The molecule has 1 heterocycles. The number of rotatable bonds is 5. The maximum absolute atomic E-state index is 12.2. The van der Waals surface area contributed by atoms with Crippen molar-refractivity contribution >= 4 is 35.1 Å². The van der Waals surface area contributed by atoms with Gasteiger partial charge >= 0.3 is 5.97 Å². The van der Waals surface area contributed by atoms with Crippen molar-refractivity contribution in [3.63, 3.8) is 0 Å². The summed E-state index contributed by atoms with van der Waals surface area (Å²) in [6, 6.07) is 5.21. The fourth-order valence-electron chi connectivity index (χ4n) is 2.99. The molecule has 132 valence electrons. The normalized spacial score (nSPS) is 21.8. The molecule has 0 bridgehead atoms. The highest BCUT2D eigenvalue weighted by Crippen LogP contribution is 2.25. The SMILES string of the molecule is COC(=O)C1CC[NH+](CC(=O)N[C@@H](C)c2ccc(Cl)c(Cl)c2)CC1. The van der Waals surface area contributed by atoms with E-state index in [1.54, 1.807) is 12.1 Å². The van der Waals surface area contributed by atoms with Crippen molar-refractivity contribution < 1.29 is 19.2 Å². The maximum Gasteiger partial charge on any atom is 0.309 e. The van der Waals surface area contributed by atoms with Crippen LogP contribution in [-0.2, 0) is 14.3 Å². The Morgan fingerprint density at radius 3 is 2.54 bits per heavy atom. The molecular formula is C17H23Cl2N2O3+. The summed E-state index contributed by atoms with van der Waals surface area (Å²) in [4.78, 5) is 24.9. The zero-order valence-electron chi connectivity index (χ0n) is 13.9. The summed E-state index contributed by atoms with van der Waals surface area (Å²) in [7, 11) is 1.42. The van der Waals surface area contributed by atoms with Crippen molar-refractivity contribution in [2.45, 2.75) is 25.8 Å². The fraction of sp³-hybridized carbons (Fsp3) is 0.529. The number of quaternary nitrogens is 1. The van der Waals surface area contributed by atoms with Crippen molar-refractivity contribution in [1.29, 1.82) is 0 Å². The molecule has 1 aromatic carbocycles. The number of halogens is 2. The number of nitrogens with one attached hydrogen (secondary N) is 2. The number of piperidine rings is 1. The van der Waals surface area contributed by atoms with Gasteiger partial charge in [-0.3, -0.25) is 9.59 Å². The molecule has 1 aromatic rings. The molecule has 1 aliphatic heterocycles. The molecule has 1 saturated heterocycles. The van der Waals surface area contributed by atoms with Gasteiger partial charge in [-0.05, 0) is 24.6 Å². The number of hydrogen-bond donors (Lipinski definition) is 2. The van der Waals surface area contributed by atoms with Crippen LogP contribution in [0.25, 0.3) is 0 Å². The van der Waals surface area contributed by atoms with Gasteiger partial charge in [0.25, 0.3) is 5.91 Å². The molecule has 2 rings (SSSR count). The third kappa shape index (κ3) is 5.10. The van der Waals surface area contributed by atoms with Crippen LogP contribution in [0.3, 0.4) is 0 Å². The molecule has 1 aliphatic rings. The van der Waals surface area contributed by atoms with E-state index in [9.17, 15) is 9.59 Å².